The molecule has 6 nitrogen and oxygen atoms in total. The maximum atomic E-state index is 13.6. The number of halogens is 1. The molecule has 4 rings (SSSR count). The van der Waals surface area contributed by atoms with Crippen molar-refractivity contribution in [3.05, 3.63) is 42.4 Å². The molecule has 138 valence electrons. The van der Waals surface area contributed by atoms with Crippen molar-refractivity contribution in [3.8, 4) is 10.6 Å². The van der Waals surface area contributed by atoms with Gasteiger partial charge in [-0.25, -0.2) is 19.3 Å². The molecule has 0 spiro atoms. The number of anilines is 1. The molecule has 0 bridgehead atoms. The third-order valence-corrected chi connectivity index (χ3v) is 5.63. The molecule has 4 heterocycles. The number of fused-ring (bicyclic) bond motifs is 1. The minimum absolute atomic E-state index is 0.407. The van der Waals surface area contributed by atoms with Crippen molar-refractivity contribution in [1.29, 1.82) is 5.41 Å². The van der Waals surface area contributed by atoms with Gasteiger partial charge in [0.15, 0.2) is 5.65 Å². The zero-order valence-corrected chi connectivity index (χ0v) is 15.4. The summed E-state index contributed by atoms with van der Waals surface area (Å²) in [6.07, 6.45) is 5.02. The lowest BCUT2D eigenvalue weighted by Crippen LogP contribution is -2.36. The molecule has 3 N–H and O–H groups in total. The summed E-state index contributed by atoms with van der Waals surface area (Å²) in [7, 11) is 0. The Kier molecular flexibility index (Phi) is 4.81. The molecular weight excluding hydrogens is 363 g/mol. The summed E-state index contributed by atoms with van der Waals surface area (Å²) < 4.78 is 14.6. The third-order valence-electron chi connectivity index (χ3n) is 4.57. The molecule has 1 aliphatic heterocycles. The van der Waals surface area contributed by atoms with Gasteiger partial charge < -0.3 is 16.0 Å². The van der Waals surface area contributed by atoms with Crippen molar-refractivity contribution in [3.63, 3.8) is 0 Å². The Labute approximate surface area is 160 Å². The van der Waals surface area contributed by atoms with E-state index < -0.39 is 6.17 Å². The van der Waals surface area contributed by atoms with Crippen LogP contribution in [0.1, 0.15) is 18.5 Å². The number of nitrogens with one attached hydrogen (secondary N) is 1. The molecule has 8 heteroatoms. The molecule has 3 aromatic rings. The number of nitrogens with two attached hydrogens (primary N) is 1. The molecule has 1 aliphatic rings. The van der Waals surface area contributed by atoms with Crippen molar-refractivity contribution in [2.45, 2.75) is 19.0 Å². The number of aromatic nitrogens is 3. The number of piperidine rings is 1. The predicted octanol–water partition coefficient (Wildman–Crippen LogP) is 3.64. The van der Waals surface area contributed by atoms with E-state index in [-0.39, 0.29) is 0 Å². The van der Waals surface area contributed by atoms with Gasteiger partial charge in [-0.05, 0) is 37.1 Å². The minimum Gasteiger partial charge on any atom is -0.404 e. The van der Waals surface area contributed by atoms with E-state index in [0.29, 0.717) is 29.9 Å². The fourth-order valence-corrected chi connectivity index (χ4v) is 4.04. The van der Waals surface area contributed by atoms with Crippen molar-refractivity contribution in [2.75, 3.05) is 18.0 Å². The van der Waals surface area contributed by atoms with Crippen LogP contribution in [0.15, 0.2) is 36.7 Å². The van der Waals surface area contributed by atoms with Crippen LogP contribution in [0, 0.1) is 5.41 Å². The molecule has 27 heavy (non-hydrogen) atoms. The van der Waals surface area contributed by atoms with Gasteiger partial charge in [0.25, 0.3) is 0 Å². The van der Waals surface area contributed by atoms with Gasteiger partial charge in [0, 0.05) is 36.3 Å². The van der Waals surface area contributed by atoms with Gasteiger partial charge in [-0.3, -0.25) is 0 Å². The smallest absolute Gasteiger partial charge is 0.171 e. The highest BCUT2D eigenvalue weighted by Crippen LogP contribution is 2.30. The van der Waals surface area contributed by atoms with E-state index in [1.54, 1.807) is 6.20 Å². The van der Waals surface area contributed by atoms with Crippen molar-refractivity contribution in [1.82, 2.24) is 15.0 Å². The summed E-state index contributed by atoms with van der Waals surface area (Å²) in [5.74, 6) is 0.798. The normalized spacial score (nSPS) is 18.0. The van der Waals surface area contributed by atoms with E-state index in [1.165, 1.54) is 23.8 Å². The fourth-order valence-electron chi connectivity index (χ4n) is 3.14. The highest BCUT2D eigenvalue weighted by molar-refractivity contribution is 7.21. The van der Waals surface area contributed by atoms with E-state index in [0.717, 1.165) is 34.1 Å². The molecule has 0 amide bonds. The summed E-state index contributed by atoms with van der Waals surface area (Å²) >= 11 is 1.53. The van der Waals surface area contributed by atoms with E-state index >= 15 is 0 Å². The zero-order valence-electron chi connectivity index (χ0n) is 14.6. The monoisotopic (exact) mass is 382 g/mol. The predicted molar refractivity (Wildman–Crippen MR) is 108 cm³/mol. The highest BCUT2D eigenvalue weighted by atomic mass is 32.1. The lowest BCUT2D eigenvalue weighted by Gasteiger charge is -2.29. The van der Waals surface area contributed by atoms with E-state index in [1.807, 2.05) is 29.2 Å². The molecule has 0 saturated carbocycles. The maximum absolute atomic E-state index is 13.6. The van der Waals surface area contributed by atoms with E-state index in [2.05, 4.69) is 15.0 Å². The average Bonchev–Trinajstić information content (AvgIpc) is 3.13. The van der Waals surface area contributed by atoms with Gasteiger partial charge in [0.05, 0.1) is 16.9 Å². The molecule has 1 atom stereocenters. The molecule has 1 fully saturated rings. The second-order valence-electron chi connectivity index (χ2n) is 6.39. The van der Waals surface area contributed by atoms with E-state index in [9.17, 15) is 4.39 Å². The quantitative estimate of drug-likeness (QED) is 0.672. The molecule has 1 saturated heterocycles. The molecule has 0 aromatic carbocycles. The van der Waals surface area contributed by atoms with Crippen LogP contribution < -0.4 is 10.6 Å². The summed E-state index contributed by atoms with van der Waals surface area (Å²) in [5, 5.41) is 8.22. The topological polar surface area (TPSA) is 91.8 Å². The number of thiazole rings is 1. The molecule has 0 unspecified atom stereocenters. The molecule has 3 aromatic heterocycles. The van der Waals surface area contributed by atoms with Crippen LogP contribution >= 0.6 is 11.3 Å². The maximum Gasteiger partial charge on any atom is 0.171 e. The number of nitrogens with zero attached hydrogens (tertiary/aromatic N) is 4. The van der Waals surface area contributed by atoms with Crippen molar-refractivity contribution >= 4 is 39.3 Å². The Hall–Kier alpha value is -2.87. The third kappa shape index (κ3) is 3.52. The molecular formula is C19H19FN6S. The lowest BCUT2D eigenvalue weighted by atomic mass is 10.1. The Morgan fingerprint density at radius 2 is 2.19 bits per heavy atom. The van der Waals surface area contributed by atoms with Crippen LogP contribution in [0.3, 0.4) is 0 Å². The first kappa shape index (κ1) is 17.5. The summed E-state index contributed by atoms with van der Waals surface area (Å²) in [4.78, 5) is 15.6. The van der Waals surface area contributed by atoms with Crippen LogP contribution in [0.25, 0.3) is 26.5 Å². The van der Waals surface area contributed by atoms with Crippen LogP contribution in [0.2, 0.25) is 0 Å². The average molecular weight is 382 g/mol. The van der Waals surface area contributed by atoms with Gasteiger partial charge in [-0.15, -0.1) is 11.3 Å². The van der Waals surface area contributed by atoms with Crippen LogP contribution in [-0.4, -0.2) is 40.4 Å². The first-order valence-electron chi connectivity index (χ1n) is 8.73. The van der Waals surface area contributed by atoms with E-state index in [4.69, 9.17) is 11.1 Å². The number of rotatable bonds is 4. The Bertz CT molecular complexity index is 997. The number of hydrogen-bond donors (Lipinski definition) is 2. The van der Waals surface area contributed by atoms with Crippen LogP contribution in [0.4, 0.5) is 10.2 Å². The van der Waals surface area contributed by atoms with Crippen LogP contribution in [-0.2, 0) is 0 Å². The summed E-state index contributed by atoms with van der Waals surface area (Å²) in [6, 6.07) is 7.65. The second kappa shape index (κ2) is 7.40. The SMILES string of the molecule is N=C/C(=C\N)c1ccc2sc(-c3ccc(N4CCC[C@@H](F)C4)nc3)nc2n1. The van der Waals surface area contributed by atoms with Gasteiger partial charge >= 0.3 is 0 Å². The lowest BCUT2D eigenvalue weighted by molar-refractivity contribution is 0.286. The number of allylic oxidation sites excluding steroid dienone is 1. The Balaban J connectivity index is 1.61. The summed E-state index contributed by atoms with van der Waals surface area (Å²) in [6.45, 7) is 1.24. The first-order chi connectivity index (χ1) is 13.2. The zero-order chi connectivity index (χ0) is 18.8. The molecule has 0 radical (unpaired) electrons. The minimum atomic E-state index is -0.779. The number of hydrogen-bond acceptors (Lipinski definition) is 7. The Morgan fingerprint density at radius 1 is 1.30 bits per heavy atom. The Morgan fingerprint density at radius 3 is 2.89 bits per heavy atom. The molecule has 0 aliphatic carbocycles. The van der Waals surface area contributed by atoms with Gasteiger partial charge in [-0.1, -0.05) is 0 Å². The number of pyridine rings is 2. The highest BCUT2D eigenvalue weighted by Gasteiger charge is 2.20. The van der Waals surface area contributed by atoms with Crippen LogP contribution in [0.5, 0.6) is 0 Å². The standard InChI is InChI=1S/C19H19FN6S/c20-14-2-1-7-26(11-14)17-6-3-12(10-23-17)19-25-18-16(27-19)5-4-15(24-18)13(8-21)9-22/h3-6,8-10,14,21H,1-2,7,11,22H2/b13-9+,21-8?/t14-/m1/s1. The number of alkyl halides is 1. The first-order valence-corrected chi connectivity index (χ1v) is 9.55. The second-order valence-corrected chi connectivity index (χ2v) is 7.42. The fraction of sp³-hybridized carbons (Fsp3) is 0.263. The van der Waals surface area contributed by atoms with Crippen molar-refractivity contribution < 1.29 is 4.39 Å². The summed E-state index contributed by atoms with van der Waals surface area (Å²) in [5.41, 5.74) is 8.22. The van der Waals surface area contributed by atoms with Gasteiger partial charge in [-0.2, -0.15) is 0 Å². The largest absolute Gasteiger partial charge is 0.404 e. The van der Waals surface area contributed by atoms with Crippen molar-refractivity contribution in [2.24, 2.45) is 5.73 Å². The van der Waals surface area contributed by atoms with Gasteiger partial charge in [0.1, 0.15) is 17.0 Å². The van der Waals surface area contributed by atoms with Gasteiger partial charge in [0.2, 0.25) is 0 Å².